The van der Waals surface area contributed by atoms with E-state index in [2.05, 4.69) is 15.9 Å². The van der Waals surface area contributed by atoms with Gasteiger partial charge in [0.2, 0.25) is 10.0 Å². The lowest BCUT2D eigenvalue weighted by Gasteiger charge is -2.25. The molecular formula is C11H17BrClNO3S. The van der Waals surface area contributed by atoms with Gasteiger partial charge < -0.3 is 4.42 Å². The number of hydrogen-bond donors (Lipinski definition) is 0. The van der Waals surface area contributed by atoms with Gasteiger partial charge >= 0.3 is 0 Å². The molecule has 0 bridgehead atoms. The van der Waals surface area contributed by atoms with Gasteiger partial charge in [0, 0.05) is 18.7 Å². The van der Waals surface area contributed by atoms with Crippen molar-refractivity contribution in [2.45, 2.75) is 44.0 Å². The zero-order valence-corrected chi connectivity index (χ0v) is 13.8. The molecule has 1 atom stereocenters. The van der Waals surface area contributed by atoms with Crippen LogP contribution < -0.4 is 0 Å². The summed E-state index contributed by atoms with van der Waals surface area (Å²) >= 11 is 8.77. The molecule has 0 fully saturated rings. The normalized spacial score (nSPS) is 14.1. The molecule has 18 heavy (non-hydrogen) atoms. The Morgan fingerprint density at radius 1 is 1.50 bits per heavy atom. The van der Waals surface area contributed by atoms with Crippen molar-refractivity contribution in [1.29, 1.82) is 0 Å². The quantitative estimate of drug-likeness (QED) is 0.730. The lowest BCUT2D eigenvalue weighted by molar-refractivity contribution is 0.341. The second-order valence-electron chi connectivity index (χ2n) is 3.95. The highest BCUT2D eigenvalue weighted by atomic mass is 79.9. The molecule has 0 aliphatic carbocycles. The van der Waals surface area contributed by atoms with E-state index in [0.29, 0.717) is 12.3 Å². The number of alkyl halides is 1. The Balaban J connectivity index is 3.22. The number of sulfonamides is 1. The van der Waals surface area contributed by atoms with Gasteiger partial charge in [-0.15, -0.1) is 11.6 Å². The van der Waals surface area contributed by atoms with Crippen LogP contribution >= 0.6 is 27.5 Å². The van der Waals surface area contributed by atoms with E-state index in [1.807, 2.05) is 20.8 Å². The Kier molecular flexibility index (Phi) is 5.70. The average Bonchev–Trinajstić information content (AvgIpc) is 2.71. The van der Waals surface area contributed by atoms with Crippen LogP contribution in [0.25, 0.3) is 0 Å². The predicted molar refractivity (Wildman–Crippen MR) is 75.3 cm³/mol. The standard InChI is InChI=1S/C11H17BrClNO3S/c1-4-8(3)14(5-2)18(15,16)10-6-9(7-13)17-11(10)12/h6,8H,4-5,7H2,1-3H3. The van der Waals surface area contributed by atoms with Crippen LogP contribution in [0.15, 0.2) is 20.0 Å². The van der Waals surface area contributed by atoms with Gasteiger partial charge in [0.15, 0.2) is 4.67 Å². The largest absolute Gasteiger partial charge is 0.452 e. The highest BCUT2D eigenvalue weighted by Gasteiger charge is 2.31. The molecule has 0 saturated carbocycles. The second-order valence-corrected chi connectivity index (χ2v) is 6.80. The molecule has 0 aliphatic heterocycles. The third kappa shape index (κ3) is 3.10. The fourth-order valence-electron chi connectivity index (χ4n) is 1.69. The van der Waals surface area contributed by atoms with Gasteiger partial charge in [-0.25, -0.2) is 8.42 Å². The van der Waals surface area contributed by atoms with Crippen molar-refractivity contribution < 1.29 is 12.8 Å². The van der Waals surface area contributed by atoms with E-state index in [1.54, 1.807) is 0 Å². The van der Waals surface area contributed by atoms with Crippen LogP contribution in [0.3, 0.4) is 0 Å². The van der Waals surface area contributed by atoms with Gasteiger partial charge in [0.25, 0.3) is 0 Å². The summed E-state index contributed by atoms with van der Waals surface area (Å²) in [7, 11) is -3.55. The topological polar surface area (TPSA) is 50.5 Å². The zero-order chi connectivity index (χ0) is 13.9. The van der Waals surface area contributed by atoms with Crippen LogP contribution in [-0.4, -0.2) is 25.3 Å². The molecule has 1 heterocycles. The molecule has 4 nitrogen and oxygen atoms in total. The van der Waals surface area contributed by atoms with E-state index in [1.165, 1.54) is 10.4 Å². The van der Waals surface area contributed by atoms with Crippen LogP contribution in [0.4, 0.5) is 0 Å². The molecule has 1 aromatic heterocycles. The summed E-state index contributed by atoms with van der Waals surface area (Å²) in [5.41, 5.74) is 0. The van der Waals surface area contributed by atoms with E-state index in [0.717, 1.165) is 6.42 Å². The van der Waals surface area contributed by atoms with Gasteiger partial charge in [0.1, 0.15) is 10.7 Å². The van der Waals surface area contributed by atoms with E-state index in [9.17, 15) is 8.42 Å². The van der Waals surface area contributed by atoms with E-state index < -0.39 is 10.0 Å². The van der Waals surface area contributed by atoms with Crippen LogP contribution in [0.1, 0.15) is 33.0 Å². The SMILES string of the molecule is CCC(C)N(CC)S(=O)(=O)c1cc(CCl)oc1Br. The monoisotopic (exact) mass is 357 g/mol. The number of rotatable bonds is 6. The first kappa shape index (κ1) is 16.0. The summed E-state index contributed by atoms with van der Waals surface area (Å²) < 4.78 is 31.9. The molecule has 0 aliphatic rings. The molecule has 0 amide bonds. The maximum atomic E-state index is 12.5. The highest BCUT2D eigenvalue weighted by Crippen LogP contribution is 2.30. The summed E-state index contributed by atoms with van der Waals surface area (Å²) in [6, 6.07) is 1.42. The number of hydrogen-bond acceptors (Lipinski definition) is 3. The maximum Gasteiger partial charge on any atom is 0.247 e. The maximum absolute atomic E-state index is 12.5. The molecule has 0 spiro atoms. The molecule has 1 aromatic rings. The van der Waals surface area contributed by atoms with Crippen molar-refractivity contribution in [1.82, 2.24) is 4.31 Å². The lowest BCUT2D eigenvalue weighted by Crippen LogP contribution is -2.38. The Morgan fingerprint density at radius 3 is 2.50 bits per heavy atom. The lowest BCUT2D eigenvalue weighted by atomic mass is 10.3. The van der Waals surface area contributed by atoms with Gasteiger partial charge in [-0.05, 0) is 29.3 Å². The molecule has 0 aromatic carbocycles. The number of halogens is 2. The first-order chi connectivity index (χ1) is 8.38. The van der Waals surface area contributed by atoms with Crippen molar-refractivity contribution in [3.63, 3.8) is 0 Å². The van der Waals surface area contributed by atoms with Gasteiger partial charge in [-0.2, -0.15) is 4.31 Å². The third-order valence-corrected chi connectivity index (χ3v) is 6.03. The van der Waals surface area contributed by atoms with Crippen LogP contribution in [0.5, 0.6) is 0 Å². The van der Waals surface area contributed by atoms with E-state index in [4.69, 9.17) is 16.0 Å². The molecule has 0 N–H and O–H groups in total. The number of furan rings is 1. The predicted octanol–water partition coefficient (Wildman–Crippen LogP) is 3.59. The van der Waals surface area contributed by atoms with Crippen molar-refractivity contribution in [2.24, 2.45) is 0 Å². The van der Waals surface area contributed by atoms with Crippen LogP contribution in [0.2, 0.25) is 0 Å². The summed E-state index contributed by atoms with van der Waals surface area (Å²) in [5, 5.41) is 0. The van der Waals surface area contributed by atoms with Crippen molar-refractivity contribution in [3.8, 4) is 0 Å². The van der Waals surface area contributed by atoms with Gasteiger partial charge in [-0.1, -0.05) is 13.8 Å². The summed E-state index contributed by atoms with van der Waals surface area (Å²) in [6.07, 6.45) is 0.755. The summed E-state index contributed by atoms with van der Waals surface area (Å²) in [4.78, 5) is 0.139. The summed E-state index contributed by atoms with van der Waals surface area (Å²) in [6.45, 7) is 6.08. The Hall–Kier alpha value is -0.0400. The minimum atomic E-state index is -3.55. The number of nitrogens with zero attached hydrogens (tertiary/aromatic N) is 1. The fourth-order valence-corrected chi connectivity index (χ4v) is 4.50. The first-order valence-corrected chi connectivity index (χ1v) is 8.51. The minimum Gasteiger partial charge on any atom is -0.452 e. The molecule has 0 saturated heterocycles. The zero-order valence-electron chi connectivity index (χ0n) is 10.6. The molecule has 1 unspecified atom stereocenters. The van der Waals surface area contributed by atoms with Crippen LogP contribution in [-0.2, 0) is 15.9 Å². The summed E-state index contributed by atoms with van der Waals surface area (Å²) in [5.74, 6) is 0.575. The highest BCUT2D eigenvalue weighted by molar-refractivity contribution is 9.10. The van der Waals surface area contributed by atoms with Gasteiger partial charge in [0.05, 0.1) is 5.88 Å². The van der Waals surface area contributed by atoms with E-state index >= 15 is 0 Å². The molecule has 7 heteroatoms. The Bertz CT molecular complexity index is 500. The Labute approximate surface area is 121 Å². The third-order valence-electron chi connectivity index (χ3n) is 2.82. The van der Waals surface area contributed by atoms with Crippen LogP contribution in [0, 0.1) is 0 Å². The molecular weight excluding hydrogens is 342 g/mol. The average molecular weight is 359 g/mol. The smallest absolute Gasteiger partial charge is 0.247 e. The minimum absolute atomic E-state index is 0.0544. The van der Waals surface area contributed by atoms with Crippen molar-refractivity contribution >= 4 is 37.6 Å². The van der Waals surface area contributed by atoms with E-state index in [-0.39, 0.29) is 21.5 Å². The molecule has 104 valence electrons. The van der Waals surface area contributed by atoms with Crippen molar-refractivity contribution in [3.05, 3.63) is 16.5 Å². The molecule has 0 radical (unpaired) electrons. The second kappa shape index (κ2) is 6.41. The first-order valence-electron chi connectivity index (χ1n) is 5.74. The molecule has 1 rings (SSSR count). The van der Waals surface area contributed by atoms with Gasteiger partial charge in [-0.3, -0.25) is 0 Å². The Morgan fingerprint density at radius 2 is 2.11 bits per heavy atom. The van der Waals surface area contributed by atoms with Crippen molar-refractivity contribution in [2.75, 3.05) is 6.54 Å². The fraction of sp³-hybridized carbons (Fsp3) is 0.636.